The van der Waals surface area contributed by atoms with E-state index in [0.717, 1.165) is 12.8 Å². The van der Waals surface area contributed by atoms with Crippen molar-refractivity contribution in [3.05, 3.63) is 0 Å². The Morgan fingerprint density at radius 3 is 2.56 bits per heavy atom. The molecule has 1 saturated heterocycles. The molecule has 5 heteroatoms. The van der Waals surface area contributed by atoms with Crippen molar-refractivity contribution < 1.29 is 19.4 Å². The van der Waals surface area contributed by atoms with E-state index in [0.29, 0.717) is 19.4 Å². The van der Waals surface area contributed by atoms with Crippen molar-refractivity contribution in [2.24, 2.45) is 5.41 Å². The molecule has 0 saturated carbocycles. The van der Waals surface area contributed by atoms with Crippen LogP contribution in [0.15, 0.2) is 0 Å². The first-order valence-corrected chi connectivity index (χ1v) is 6.44. The van der Waals surface area contributed by atoms with Crippen LogP contribution in [0.2, 0.25) is 0 Å². The van der Waals surface area contributed by atoms with Crippen LogP contribution in [0.5, 0.6) is 0 Å². The van der Waals surface area contributed by atoms with Gasteiger partial charge in [-0.3, -0.25) is 4.79 Å². The van der Waals surface area contributed by atoms with E-state index in [9.17, 15) is 9.59 Å². The number of rotatable bonds is 5. The van der Waals surface area contributed by atoms with Crippen LogP contribution >= 0.6 is 0 Å². The zero-order valence-corrected chi connectivity index (χ0v) is 11.4. The van der Waals surface area contributed by atoms with Gasteiger partial charge in [0.25, 0.3) is 0 Å². The largest absolute Gasteiger partial charge is 0.480 e. The van der Waals surface area contributed by atoms with E-state index in [4.69, 9.17) is 9.84 Å². The summed E-state index contributed by atoms with van der Waals surface area (Å²) in [5, 5.41) is 11.7. The minimum Gasteiger partial charge on any atom is -0.480 e. The average molecular weight is 257 g/mol. The second-order valence-electron chi connectivity index (χ2n) is 6.00. The third kappa shape index (κ3) is 5.04. The number of carboxylic acids is 1. The minimum absolute atomic E-state index is 0.0578. The number of carbonyl (C=O) groups is 2. The second kappa shape index (κ2) is 6.18. The van der Waals surface area contributed by atoms with Gasteiger partial charge in [-0.2, -0.15) is 0 Å². The lowest BCUT2D eigenvalue weighted by molar-refractivity contribution is -0.144. The number of ether oxygens (including phenoxy) is 1. The number of amides is 1. The van der Waals surface area contributed by atoms with Gasteiger partial charge >= 0.3 is 5.97 Å². The van der Waals surface area contributed by atoms with Crippen LogP contribution in [0.25, 0.3) is 0 Å². The summed E-state index contributed by atoms with van der Waals surface area (Å²) in [7, 11) is 0. The van der Waals surface area contributed by atoms with E-state index < -0.39 is 18.1 Å². The zero-order valence-electron chi connectivity index (χ0n) is 11.4. The van der Waals surface area contributed by atoms with E-state index in [1.165, 1.54) is 0 Å². The molecule has 0 aromatic carbocycles. The van der Waals surface area contributed by atoms with Crippen LogP contribution in [-0.2, 0) is 14.3 Å². The summed E-state index contributed by atoms with van der Waals surface area (Å²) in [6.45, 7) is 6.73. The predicted molar refractivity (Wildman–Crippen MR) is 67.2 cm³/mol. The van der Waals surface area contributed by atoms with E-state index >= 15 is 0 Å². The molecular weight excluding hydrogens is 234 g/mol. The molecule has 1 aliphatic rings. The van der Waals surface area contributed by atoms with Crippen molar-refractivity contribution in [1.29, 1.82) is 0 Å². The highest BCUT2D eigenvalue weighted by molar-refractivity contribution is 5.86. The fraction of sp³-hybridized carbons (Fsp3) is 0.846. The first kappa shape index (κ1) is 15.0. The molecule has 0 aromatic rings. The molecule has 2 N–H and O–H groups in total. The molecule has 1 fully saturated rings. The first-order chi connectivity index (χ1) is 8.29. The van der Waals surface area contributed by atoms with Gasteiger partial charge in [0.05, 0.1) is 0 Å². The molecule has 2 atom stereocenters. The summed E-state index contributed by atoms with van der Waals surface area (Å²) >= 11 is 0. The lowest BCUT2D eigenvalue weighted by Crippen LogP contribution is -2.45. The maximum atomic E-state index is 11.8. The standard InChI is InChI=1S/C13H23NO4/c1-13(2,3)7-6-9(12(16)17)14-11(15)10-5-4-8-18-10/h9-10H,4-8H2,1-3H3,(H,14,15)(H,16,17). The molecule has 0 aromatic heterocycles. The topological polar surface area (TPSA) is 75.6 Å². The first-order valence-electron chi connectivity index (χ1n) is 6.44. The summed E-state index contributed by atoms with van der Waals surface area (Å²) in [5.74, 6) is -1.28. The van der Waals surface area contributed by atoms with Crippen LogP contribution in [0.4, 0.5) is 0 Å². The summed E-state index contributed by atoms with van der Waals surface area (Å²) in [4.78, 5) is 22.9. The lowest BCUT2D eigenvalue weighted by atomic mass is 9.88. The van der Waals surface area contributed by atoms with Gasteiger partial charge in [0.2, 0.25) is 5.91 Å². The smallest absolute Gasteiger partial charge is 0.326 e. The third-order valence-electron chi connectivity index (χ3n) is 3.02. The van der Waals surface area contributed by atoms with E-state index in [1.54, 1.807) is 0 Å². The average Bonchev–Trinajstić information content (AvgIpc) is 2.75. The quantitative estimate of drug-likeness (QED) is 0.783. The van der Waals surface area contributed by atoms with Gasteiger partial charge in [0, 0.05) is 6.61 Å². The fourth-order valence-corrected chi connectivity index (χ4v) is 1.88. The van der Waals surface area contributed by atoms with E-state index in [-0.39, 0.29) is 11.3 Å². The molecule has 0 radical (unpaired) electrons. The Morgan fingerprint density at radius 1 is 1.44 bits per heavy atom. The highest BCUT2D eigenvalue weighted by Gasteiger charge is 2.28. The van der Waals surface area contributed by atoms with Crippen molar-refractivity contribution in [2.75, 3.05) is 6.61 Å². The maximum absolute atomic E-state index is 11.8. The van der Waals surface area contributed by atoms with E-state index in [1.807, 2.05) is 20.8 Å². The Morgan fingerprint density at radius 2 is 2.11 bits per heavy atom. The predicted octanol–water partition coefficient (Wildman–Crippen LogP) is 1.56. The van der Waals surface area contributed by atoms with Gasteiger partial charge in [-0.1, -0.05) is 20.8 Å². The molecule has 5 nitrogen and oxygen atoms in total. The van der Waals surface area contributed by atoms with Crippen LogP contribution in [0, 0.1) is 5.41 Å². The fourth-order valence-electron chi connectivity index (χ4n) is 1.88. The zero-order chi connectivity index (χ0) is 13.8. The molecule has 0 bridgehead atoms. The van der Waals surface area contributed by atoms with Crippen LogP contribution in [-0.4, -0.2) is 35.7 Å². The van der Waals surface area contributed by atoms with Gasteiger partial charge in [0.15, 0.2) is 0 Å². The molecule has 2 unspecified atom stereocenters. The van der Waals surface area contributed by atoms with Crippen molar-refractivity contribution in [1.82, 2.24) is 5.32 Å². The molecule has 0 aliphatic carbocycles. The van der Waals surface area contributed by atoms with Gasteiger partial charge < -0.3 is 15.2 Å². The monoisotopic (exact) mass is 257 g/mol. The molecule has 0 spiro atoms. The summed E-state index contributed by atoms with van der Waals surface area (Å²) in [5.41, 5.74) is 0.0578. The van der Waals surface area contributed by atoms with Gasteiger partial charge in [-0.25, -0.2) is 4.79 Å². The Bertz CT molecular complexity index is 303. The number of aliphatic carboxylic acids is 1. The molecule has 1 rings (SSSR count). The van der Waals surface area contributed by atoms with Crippen LogP contribution < -0.4 is 5.32 Å². The molecule has 104 valence electrons. The van der Waals surface area contributed by atoms with Crippen molar-refractivity contribution >= 4 is 11.9 Å². The highest BCUT2D eigenvalue weighted by atomic mass is 16.5. The Kier molecular flexibility index (Phi) is 5.14. The highest BCUT2D eigenvalue weighted by Crippen LogP contribution is 2.22. The van der Waals surface area contributed by atoms with Crippen LogP contribution in [0.1, 0.15) is 46.5 Å². The maximum Gasteiger partial charge on any atom is 0.326 e. The van der Waals surface area contributed by atoms with Gasteiger partial charge in [0.1, 0.15) is 12.1 Å². The van der Waals surface area contributed by atoms with Crippen molar-refractivity contribution in [3.8, 4) is 0 Å². The van der Waals surface area contributed by atoms with Gasteiger partial charge in [-0.15, -0.1) is 0 Å². The van der Waals surface area contributed by atoms with E-state index in [2.05, 4.69) is 5.32 Å². The second-order valence-corrected chi connectivity index (χ2v) is 6.00. The number of hydrogen-bond donors (Lipinski definition) is 2. The number of nitrogens with one attached hydrogen (secondary N) is 1. The Hall–Kier alpha value is -1.10. The molecule has 1 heterocycles. The minimum atomic E-state index is -0.981. The SMILES string of the molecule is CC(C)(C)CCC(NC(=O)C1CCCO1)C(=O)O. The Balaban J connectivity index is 2.46. The number of hydrogen-bond acceptors (Lipinski definition) is 3. The van der Waals surface area contributed by atoms with Crippen molar-refractivity contribution in [2.45, 2.75) is 58.6 Å². The Labute approximate surface area is 108 Å². The molecule has 1 aliphatic heterocycles. The normalized spacial score (nSPS) is 21.6. The summed E-state index contributed by atoms with van der Waals surface area (Å²) in [6, 6.07) is -0.819. The molecular formula is C13H23NO4. The number of carbonyl (C=O) groups excluding carboxylic acids is 1. The van der Waals surface area contributed by atoms with Crippen molar-refractivity contribution in [3.63, 3.8) is 0 Å². The molecule has 18 heavy (non-hydrogen) atoms. The summed E-state index contributed by atoms with van der Waals surface area (Å²) < 4.78 is 5.24. The summed E-state index contributed by atoms with van der Waals surface area (Å²) in [6.07, 6.45) is 2.25. The third-order valence-corrected chi connectivity index (χ3v) is 3.02. The van der Waals surface area contributed by atoms with Crippen LogP contribution in [0.3, 0.4) is 0 Å². The molecule has 1 amide bonds. The van der Waals surface area contributed by atoms with Gasteiger partial charge in [-0.05, 0) is 31.1 Å². The lowest BCUT2D eigenvalue weighted by Gasteiger charge is -2.22. The number of carboxylic acid groups (broad SMARTS) is 1.